The van der Waals surface area contributed by atoms with Crippen LogP contribution in [0.1, 0.15) is 0 Å². The third-order valence-corrected chi connectivity index (χ3v) is 3.87. The topological polar surface area (TPSA) is 33.1 Å². The molecule has 0 radical (unpaired) electrons. The maximum atomic E-state index is 9.49. The molecule has 0 saturated heterocycles. The molecular weight excluding hydrogens is 254 g/mol. The molecule has 3 aromatic rings. The van der Waals surface area contributed by atoms with Crippen molar-refractivity contribution in [3.63, 3.8) is 0 Å². The highest BCUT2D eigenvalue weighted by atomic mass is 35.5. The van der Waals surface area contributed by atoms with Gasteiger partial charge in [0.15, 0.2) is 0 Å². The second kappa shape index (κ2) is 4.02. The molecule has 0 unspecified atom stereocenters. The zero-order valence-corrected chi connectivity index (χ0v) is 10.3. The number of fused-ring (bicyclic) bond motifs is 1. The van der Waals surface area contributed by atoms with Crippen molar-refractivity contribution in [3.8, 4) is 16.3 Å². The molecule has 4 heteroatoms. The fourth-order valence-electron chi connectivity index (χ4n) is 1.66. The Bertz CT molecular complexity index is 660. The number of rotatable bonds is 1. The average molecular weight is 262 g/mol. The number of halogens is 1. The zero-order valence-electron chi connectivity index (χ0n) is 8.72. The van der Waals surface area contributed by atoms with Crippen LogP contribution in [-0.4, -0.2) is 10.1 Å². The number of hydrogen-bond donors (Lipinski definition) is 1. The highest BCUT2D eigenvalue weighted by Gasteiger charge is 2.10. The summed E-state index contributed by atoms with van der Waals surface area (Å²) in [6.07, 6.45) is 0. The molecule has 84 valence electrons. The number of phenolic OH excluding ortho intramolecular Hbond substituents is 1. The highest BCUT2D eigenvalue weighted by Crippen LogP contribution is 2.35. The van der Waals surface area contributed by atoms with Crippen LogP contribution in [0, 0.1) is 0 Å². The van der Waals surface area contributed by atoms with Crippen LogP contribution in [0.4, 0.5) is 0 Å². The molecule has 0 aliphatic carbocycles. The van der Waals surface area contributed by atoms with Crippen molar-refractivity contribution >= 4 is 33.2 Å². The van der Waals surface area contributed by atoms with Gasteiger partial charge in [-0.3, -0.25) is 0 Å². The van der Waals surface area contributed by atoms with Gasteiger partial charge in [0.2, 0.25) is 0 Å². The lowest BCUT2D eigenvalue weighted by Gasteiger charge is -2.00. The van der Waals surface area contributed by atoms with Crippen molar-refractivity contribution in [3.05, 3.63) is 47.5 Å². The first kappa shape index (κ1) is 10.6. The number of para-hydroxylation sites is 1. The smallest absolute Gasteiger partial charge is 0.126 e. The van der Waals surface area contributed by atoms with Crippen molar-refractivity contribution in [2.24, 2.45) is 0 Å². The molecule has 0 fully saturated rings. The maximum absolute atomic E-state index is 9.49. The zero-order chi connectivity index (χ0) is 11.8. The second-order valence-electron chi connectivity index (χ2n) is 3.65. The van der Waals surface area contributed by atoms with Gasteiger partial charge in [-0.1, -0.05) is 23.7 Å². The third-order valence-electron chi connectivity index (χ3n) is 2.47. The minimum Gasteiger partial charge on any atom is -0.508 e. The van der Waals surface area contributed by atoms with Crippen LogP contribution in [0.5, 0.6) is 5.75 Å². The lowest BCUT2D eigenvalue weighted by molar-refractivity contribution is 0.475. The van der Waals surface area contributed by atoms with Gasteiger partial charge >= 0.3 is 0 Å². The van der Waals surface area contributed by atoms with Crippen LogP contribution in [-0.2, 0) is 0 Å². The molecule has 0 spiro atoms. The molecule has 2 nitrogen and oxygen atoms in total. The SMILES string of the molecule is Oc1ccc(Cl)c(-c2nc3ccccc3s2)c1. The van der Waals surface area contributed by atoms with Crippen LogP contribution in [0.15, 0.2) is 42.5 Å². The van der Waals surface area contributed by atoms with E-state index in [1.807, 2.05) is 24.3 Å². The van der Waals surface area contributed by atoms with Gasteiger partial charge in [-0.25, -0.2) is 4.98 Å². The summed E-state index contributed by atoms with van der Waals surface area (Å²) in [5, 5.41) is 10.9. The van der Waals surface area contributed by atoms with Crippen molar-refractivity contribution in [2.75, 3.05) is 0 Å². The summed E-state index contributed by atoms with van der Waals surface area (Å²) in [5.74, 6) is 0.198. The summed E-state index contributed by atoms with van der Waals surface area (Å²) in [6, 6.07) is 12.8. The molecule has 0 atom stereocenters. The number of thiazole rings is 1. The minimum absolute atomic E-state index is 0.198. The van der Waals surface area contributed by atoms with Crippen LogP contribution in [0.2, 0.25) is 5.02 Å². The van der Waals surface area contributed by atoms with Crippen LogP contribution in [0.25, 0.3) is 20.8 Å². The highest BCUT2D eigenvalue weighted by molar-refractivity contribution is 7.21. The van der Waals surface area contributed by atoms with Gasteiger partial charge in [0, 0.05) is 5.56 Å². The van der Waals surface area contributed by atoms with Crippen LogP contribution in [0.3, 0.4) is 0 Å². The maximum Gasteiger partial charge on any atom is 0.126 e. The van der Waals surface area contributed by atoms with E-state index in [4.69, 9.17) is 11.6 Å². The fraction of sp³-hybridized carbons (Fsp3) is 0. The standard InChI is InChI=1S/C13H8ClNOS/c14-10-6-5-8(16)7-9(10)13-15-11-3-1-2-4-12(11)17-13/h1-7,16H. The second-order valence-corrected chi connectivity index (χ2v) is 5.09. The van der Waals surface area contributed by atoms with Crippen LogP contribution < -0.4 is 0 Å². The number of benzene rings is 2. The number of phenols is 1. The van der Waals surface area contributed by atoms with E-state index in [-0.39, 0.29) is 5.75 Å². The molecule has 0 aliphatic rings. The average Bonchev–Trinajstić information content (AvgIpc) is 2.75. The van der Waals surface area contributed by atoms with E-state index in [0.29, 0.717) is 5.02 Å². The molecule has 2 aromatic carbocycles. The van der Waals surface area contributed by atoms with E-state index >= 15 is 0 Å². The van der Waals surface area contributed by atoms with E-state index in [1.54, 1.807) is 29.5 Å². The van der Waals surface area contributed by atoms with Gasteiger partial charge < -0.3 is 5.11 Å². The molecule has 17 heavy (non-hydrogen) atoms. The Kier molecular flexibility index (Phi) is 2.50. The van der Waals surface area contributed by atoms with Gasteiger partial charge in [-0.2, -0.15) is 0 Å². The molecule has 1 aromatic heterocycles. The number of aromatic hydroxyl groups is 1. The van der Waals surface area contributed by atoms with E-state index in [0.717, 1.165) is 20.8 Å². The fourth-order valence-corrected chi connectivity index (χ4v) is 2.92. The Labute approximate surface area is 107 Å². The van der Waals surface area contributed by atoms with E-state index in [2.05, 4.69) is 4.98 Å². The molecule has 1 heterocycles. The Morgan fingerprint density at radius 2 is 1.94 bits per heavy atom. The van der Waals surface area contributed by atoms with Gasteiger partial charge in [-0.15, -0.1) is 11.3 Å². The first-order valence-electron chi connectivity index (χ1n) is 5.08. The predicted octanol–water partition coefficient (Wildman–Crippen LogP) is 4.32. The molecule has 0 aliphatic heterocycles. The summed E-state index contributed by atoms with van der Waals surface area (Å²) in [5.41, 5.74) is 1.72. The summed E-state index contributed by atoms with van der Waals surface area (Å²) in [6.45, 7) is 0. The molecule has 0 amide bonds. The molecule has 1 N–H and O–H groups in total. The lowest BCUT2D eigenvalue weighted by Crippen LogP contribution is -1.77. The van der Waals surface area contributed by atoms with E-state index in [1.165, 1.54) is 0 Å². The third kappa shape index (κ3) is 1.88. The van der Waals surface area contributed by atoms with Gasteiger partial charge in [-0.05, 0) is 30.3 Å². The summed E-state index contributed by atoms with van der Waals surface area (Å²) in [7, 11) is 0. The van der Waals surface area contributed by atoms with Gasteiger partial charge in [0.25, 0.3) is 0 Å². The summed E-state index contributed by atoms with van der Waals surface area (Å²) < 4.78 is 1.11. The monoisotopic (exact) mass is 261 g/mol. The predicted molar refractivity (Wildman–Crippen MR) is 71.7 cm³/mol. The first-order chi connectivity index (χ1) is 8.24. The van der Waals surface area contributed by atoms with Crippen molar-refractivity contribution in [2.45, 2.75) is 0 Å². The Hall–Kier alpha value is -1.58. The summed E-state index contributed by atoms with van der Waals surface area (Å²) in [4.78, 5) is 4.51. The molecule has 0 saturated carbocycles. The lowest BCUT2D eigenvalue weighted by atomic mass is 10.2. The number of hydrogen-bond acceptors (Lipinski definition) is 3. The molecule has 0 bridgehead atoms. The van der Waals surface area contributed by atoms with Crippen molar-refractivity contribution in [1.82, 2.24) is 4.98 Å². The van der Waals surface area contributed by atoms with Crippen LogP contribution >= 0.6 is 22.9 Å². The number of aromatic nitrogens is 1. The van der Waals surface area contributed by atoms with E-state index in [9.17, 15) is 5.11 Å². The van der Waals surface area contributed by atoms with Gasteiger partial charge in [0.05, 0.1) is 15.2 Å². The summed E-state index contributed by atoms with van der Waals surface area (Å²) >= 11 is 7.68. The van der Waals surface area contributed by atoms with Crippen molar-refractivity contribution < 1.29 is 5.11 Å². The quantitative estimate of drug-likeness (QED) is 0.708. The largest absolute Gasteiger partial charge is 0.508 e. The number of nitrogens with zero attached hydrogens (tertiary/aromatic N) is 1. The van der Waals surface area contributed by atoms with E-state index < -0.39 is 0 Å². The Morgan fingerprint density at radius 1 is 1.12 bits per heavy atom. The first-order valence-corrected chi connectivity index (χ1v) is 6.28. The molecule has 3 rings (SSSR count). The molecular formula is C13H8ClNOS. The Balaban J connectivity index is 2.23. The normalized spacial score (nSPS) is 10.9. The Morgan fingerprint density at radius 3 is 2.76 bits per heavy atom. The van der Waals surface area contributed by atoms with Crippen molar-refractivity contribution in [1.29, 1.82) is 0 Å². The van der Waals surface area contributed by atoms with Gasteiger partial charge in [0.1, 0.15) is 10.8 Å². The minimum atomic E-state index is 0.198.